The van der Waals surface area contributed by atoms with Gasteiger partial charge in [0.15, 0.2) is 0 Å². The molecular weight excluding hydrogens is 180 g/mol. The molecule has 0 spiro atoms. The molecule has 0 amide bonds. The van der Waals surface area contributed by atoms with E-state index in [0.717, 1.165) is 0 Å². The molecule has 0 aliphatic heterocycles. The standard InChI is InChI=1S/C6H10F4O2/c1-3-11-6(10,12-4-2)5(7,8)9/h3-4H2,1-2H3. The molecule has 0 rings (SSSR count). The number of alkyl halides is 4. The van der Waals surface area contributed by atoms with E-state index in [1.165, 1.54) is 13.8 Å². The highest BCUT2D eigenvalue weighted by molar-refractivity contribution is 4.65. The number of hydrogen-bond donors (Lipinski definition) is 0. The Morgan fingerprint density at radius 1 is 0.917 bits per heavy atom. The highest BCUT2D eigenvalue weighted by Gasteiger charge is 2.59. The van der Waals surface area contributed by atoms with E-state index in [9.17, 15) is 17.6 Å². The van der Waals surface area contributed by atoms with E-state index in [-0.39, 0.29) is 0 Å². The Morgan fingerprint density at radius 3 is 1.42 bits per heavy atom. The van der Waals surface area contributed by atoms with Gasteiger partial charge in [0.05, 0.1) is 13.2 Å². The molecule has 0 aliphatic carbocycles. The van der Waals surface area contributed by atoms with Crippen LogP contribution in [0.1, 0.15) is 13.8 Å². The third-order valence-electron chi connectivity index (χ3n) is 0.999. The molecule has 0 saturated heterocycles. The summed E-state index contributed by atoms with van der Waals surface area (Å²) in [5, 5.41) is 0. The van der Waals surface area contributed by atoms with Gasteiger partial charge in [-0.1, -0.05) is 0 Å². The molecule has 0 saturated carbocycles. The largest absolute Gasteiger partial charge is 0.478 e. The van der Waals surface area contributed by atoms with Crippen molar-refractivity contribution in [2.24, 2.45) is 0 Å². The summed E-state index contributed by atoms with van der Waals surface area (Å²) in [7, 11) is 0. The predicted molar refractivity (Wildman–Crippen MR) is 33.1 cm³/mol. The Morgan fingerprint density at radius 2 is 1.25 bits per heavy atom. The van der Waals surface area contributed by atoms with Gasteiger partial charge in [-0.05, 0) is 13.8 Å². The quantitative estimate of drug-likeness (QED) is 0.500. The van der Waals surface area contributed by atoms with Crippen molar-refractivity contribution in [2.75, 3.05) is 13.2 Å². The van der Waals surface area contributed by atoms with Gasteiger partial charge in [-0.25, -0.2) is 0 Å². The molecule has 0 bridgehead atoms. The fourth-order valence-corrected chi connectivity index (χ4v) is 0.577. The smallest absolute Gasteiger partial charge is 0.317 e. The van der Waals surface area contributed by atoms with Gasteiger partial charge >= 0.3 is 12.2 Å². The molecule has 0 aromatic heterocycles. The molecule has 0 N–H and O–H groups in total. The maximum absolute atomic E-state index is 12.7. The second kappa shape index (κ2) is 4.04. The van der Waals surface area contributed by atoms with Crippen LogP contribution in [0.4, 0.5) is 17.6 Å². The Kier molecular flexibility index (Phi) is 3.92. The summed E-state index contributed by atoms with van der Waals surface area (Å²) in [4.78, 5) is 0. The van der Waals surface area contributed by atoms with Crippen molar-refractivity contribution in [3.8, 4) is 0 Å². The summed E-state index contributed by atoms with van der Waals surface area (Å²) in [6, 6.07) is -3.96. The second-order valence-corrected chi connectivity index (χ2v) is 1.90. The zero-order valence-corrected chi connectivity index (χ0v) is 6.74. The van der Waals surface area contributed by atoms with Crippen LogP contribution in [0.15, 0.2) is 0 Å². The summed E-state index contributed by atoms with van der Waals surface area (Å²) in [6.07, 6.45) is -5.15. The van der Waals surface area contributed by atoms with E-state index >= 15 is 0 Å². The first-order valence-electron chi connectivity index (χ1n) is 3.41. The van der Waals surface area contributed by atoms with E-state index in [0.29, 0.717) is 0 Å². The molecule has 0 aliphatic rings. The van der Waals surface area contributed by atoms with Crippen LogP contribution in [0.25, 0.3) is 0 Å². The van der Waals surface area contributed by atoms with Crippen LogP contribution < -0.4 is 0 Å². The average molecular weight is 190 g/mol. The molecule has 74 valence electrons. The monoisotopic (exact) mass is 190 g/mol. The highest BCUT2D eigenvalue weighted by atomic mass is 19.4. The van der Waals surface area contributed by atoms with Gasteiger partial charge in [0.2, 0.25) is 0 Å². The fourth-order valence-electron chi connectivity index (χ4n) is 0.577. The minimum Gasteiger partial charge on any atom is -0.317 e. The van der Waals surface area contributed by atoms with Crippen molar-refractivity contribution in [1.29, 1.82) is 0 Å². The Balaban J connectivity index is 4.38. The van der Waals surface area contributed by atoms with Crippen LogP contribution in [0.5, 0.6) is 0 Å². The van der Waals surface area contributed by atoms with Crippen molar-refractivity contribution in [1.82, 2.24) is 0 Å². The number of hydrogen-bond acceptors (Lipinski definition) is 2. The summed E-state index contributed by atoms with van der Waals surface area (Å²) in [5.41, 5.74) is 0. The van der Waals surface area contributed by atoms with Crippen LogP contribution in [-0.4, -0.2) is 25.4 Å². The van der Waals surface area contributed by atoms with E-state index in [2.05, 4.69) is 9.47 Å². The maximum atomic E-state index is 12.7. The highest BCUT2D eigenvalue weighted by Crippen LogP contribution is 2.35. The van der Waals surface area contributed by atoms with Gasteiger partial charge in [0.1, 0.15) is 0 Å². The molecule has 6 heteroatoms. The van der Waals surface area contributed by atoms with Crippen LogP contribution in [-0.2, 0) is 9.47 Å². The maximum Gasteiger partial charge on any atom is 0.478 e. The number of rotatable bonds is 4. The van der Waals surface area contributed by atoms with Crippen molar-refractivity contribution in [2.45, 2.75) is 26.1 Å². The van der Waals surface area contributed by atoms with Gasteiger partial charge in [-0.15, -0.1) is 0 Å². The normalized spacial score (nSPS) is 13.5. The summed E-state index contributed by atoms with van der Waals surface area (Å²) >= 11 is 0. The molecule has 0 aromatic rings. The van der Waals surface area contributed by atoms with Crippen LogP contribution in [0, 0.1) is 0 Å². The molecule has 0 radical (unpaired) electrons. The van der Waals surface area contributed by atoms with E-state index in [4.69, 9.17) is 0 Å². The van der Waals surface area contributed by atoms with Crippen LogP contribution in [0.2, 0.25) is 0 Å². The minimum absolute atomic E-state index is 0.407. The lowest BCUT2D eigenvalue weighted by Crippen LogP contribution is -2.46. The zero-order chi connectivity index (χ0) is 9.83. The Labute approximate surface area is 67.5 Å². The van der Waals surface area contributed by atoms with Gasteiger partial charge in [-0.2, -0.15) is 17.6 Å². The SMILES string of the molecule is CCOC(F)(OCC)C(F)(F)F. The first kappa shape index (κ1) is 11.6. The van der Waals surface area contributed by atoms with Gasteiger partial charge in [0, 0.05) is 0 Å². The summed E-state index contributed by atoms with van der Waals surface area (Å²) < 4.78 is 55.9. The molecule has 0 atom stereocenters. The molecule has 0 heterocycles. The van der Waals surface area contributed by atoms with Crippen molar-refractivity contribution in [3.63, 3.8) is 0 Å². The molecule has 2 nitrogen and oxygen atoms in total. The predicted octanol–water partition coefficient (Wildman–Crippen LogP) is 2.25. The molecular formula is C6H10F4O2. The molecule has 0 aromatic carbocycles. The van der Waals surface area contributed by atoms with E-state index < -0.39 is 25.4 Å². The van der Waals surface area contributed by atoms with Crippen molar-refractivity contribution >= 4 is 0 Å². The fraction of sp³-hybridized carbons (Fsp3) is 1.00. The first-order valence-corrected chi connectivity index (χ1v) is 3.41. The number of halogens is 4. The summed E-state index contributed by atoms with van der Waals surface area (Å²) in [6.45, 7) is 1.68. The number of ether oxygens (including phenoxy) is 2. The van der Waals surface area contributed by atoms with Gasteiger partial charge in [-0.3, -0.25) is 0 Å². The minimum atomic E-state index is -5.15. The topological polar surface area (TPSA) is 18.5 Å². The van der Waals surface area contributed by atoms with Crippen LogP contribution in [0.3, 0.4) is 0 Å². The molecule has 0 fully saturated rings. The van der Waals surface area contributed by atoms with Crippen molar-refractivity contribution in [3.05, 3.63) is 0 Å². The lowest BCUT2D eigenvalue weighted by Gasteiger charge is -2.26. The molecule has 0 unspecified atom stereocenters. The first-order chi connectivity index (χ1) is 5.37. The van der Waals surface area contributed by atoms with Crippen LogP contribution >= 0.6 is 0 Å². The lowest BCUT2D eigenvalue weighted by atomic mass is 10.5. The summed E-state index contributed by atoms with van der Waals surface area (Å²) in [5.74, 6) is 0. The zero-order valence-electron chi connectivity index (χ0n) is 6.74. The van der Waals surface area contributed by atoms with Gasteiger partial charge in [0.25, 0.3) is 0 Å². The lowest BCUT2D eigenvalue weighted by molar-refractivity contribution is -0.436. The second-order valence-electron chi connectivity index (χ2n) is 1.90. The molecule has 12 heavy (non-hydrogen) atoms. The third-order valence-corrected chi connectivity index (χ3v) is 0.999. The Hall–Kier alpha value is -0.360. The van der Waals surface area contributed by atoms with Crippen molar-refractivity contribution < 1.29 is 27.0 Å². The van der Waals surface area contributed by atoms with E-state index in [1.807, 2.05) is 0 Å². The van der Waals surface area contributed by atoms with Gasteiger partial charge < -0.3 is 9.47 Å². The average Bonchev–Trinajstić information content (AvgIpc) is 1.86. The Bertz CT molecular complexity index is 128. The van der Waals surface area contributed by atoms with E-state index in [1.54, 1.807) is 0 Å². The third kappa shape index (κ3) is 2.60.